The lowest BCUT2D eigenvalue weighted by Gasteiger charge is -2.17. The van der Waals surface area contributed by atoms with E-state index < -0.39 is 0 Å². The highest BCUT2D eigenvalue weighted by Gasteiger charge is 2.21. The van der Waals surface area contributed by atoms with Crippen molar-refractivity contribution in [1.82, 2.24) is 0 Å². The minimum Gasteiger partial charge on any atom is -0.355 e. The number of carbonyl (C=O) groups is 2. The number of hydrogen-bond acceptors (Lipinski definition) is 3. The van der Waals surface area contributed by atoms with Crippen LogP contribution >= 0.6 is 0 Å². The van der Waals surface area contributed by atoms with Crippen LogP contribution in [0.2, 0.25) is 0 Å². The van der Waals surface area contributed by atoms with E-state index in [4.69, 9.17) is 0 Å². The number of carbonyl (C=O) groups excluding carboxylic acids is 2. The molecule has 0 aliphatic carbocycles. The van der Waals surface area contributed by atoms with Crippen LogP contribution in [0.15, 0.2) is 66.7 Å². The molecule has 5 heteroatoms. The van der Waals surface area contributed by atoms with Crippen molar-refractivity contribution in [3.63, 3.8) is 0 Å². The van der Waals surface area contributed by atoms with Crippen molar-refractivity contribution >= 4 is 34.6 Å². The molecule has 152 valence electrons. The standard InChI is InChI=1S/C25H25N3O2/c1-17-7-5-10-22(18(17)2)27-23-9-4-3-8-21(23)25(30)26-19-12-14-20(15-13-19)28-16-6-11-24(28)29/h3-5,7-10,12-15,27H,6,11,16H2,1-2H3,(H,26,30). The van der Waals surface area contributed by atoms with Gasteiger partial charge in [-0.2, -0.15) is 0 Å². The van der Waals surface area contributed by atoms with Gasteiger partial charge in [-0.25, -0.2) is 0 Å². The summed E-state index contributed by atoms with van der Waals surface area (Å²) in [5.74, 6) is -0.0355. The zero-order valence-electron chi connectivity index (χ0n) is 17.2. The predicted octanol–water partition coefficient (Wildman–Crippen LogP) is 5.43. The molecule has 0 saturated carbocycles. The van der Waals surface area contributed by atoms with E-state index in [-0.39, 0.29) is 11.8 Å². The Bertz CT molecular complexity index is 1090. The van der Waals surface area contributed by atoms with E-state index in [1.165, 1.54) is 5.56 Å². The number of nitrogens with one attached hydrogen (secondary N) is 2. The number of hydrogen-bond donors (Lipinski definition) is 2. The quantitative estimate of drug-likeness (QED) is 0.602. The molecule has 0 radical (unpaired) electrons. The van der Waals surface area contributed by atoms with Gasteiger partial charge in [0.25, 0.3) is 5.91 Å². The molecule has 30 heavy (non-hydrogen) atoms. The molecule has 2 N–H and O–H groups in total. The highest BCUT2D eigenvalue weighted by atomic mass is 16.2. The van der Waals surface area contributed by atoms with Gasteiger partial charge >= 0.3 is 0 Å². The van der Waals surface area contributed by atoms with Gasteiger partial charge in [-0.05, 0) is 73.9 Å². The second-order valence-corrected chi connectivity index (χ2v) is 7.57. The summed E-state index contributed by atoms with van der Waals surface area (Å²) < 4.78 is 0. The van der Waals surface area contributed by atoms with Crippen molar-refractivity contribution in [2.45, 2.75) is 26.7 Å². The maximum atomic E-state index is 13.0. The van der Waals surface area contributed by atoms with Gasteiger partial charge in [-0.15, -0.1) is 0 Å². The smallest absolute Gasteiger partial charge is 0.257 e. The molecule has 2 amide bonds. The summed E-state index contributed by atoms with van der Waals surface area (Å²) >= 11 is 0. The van der Waals surface area contributed by atoms with Crippen molar-refractivity contribution in [1.29, 1.82) is 0 Å². The van der Waals surface area contributed by atoms with Gasteiger partial charge < -0.3 is 15.5 Å². The Hall–Kier alpha value is -3.60. The number of nitrogens with zero attached hydrogens (tertiary/aromatic N) is 1. The largest absolute Gasteiger partial charge is 0.355 e. The van der Waals surface area contributed by atoms with Crippen LogP contribution in [0, 0.1) is 13.8 Å². The highest BCUT2D eigenvalue weighted by Crippen LogP contribution is 2.27. The second-order valence-electron chi connectivity index (χ2n) is 7.57. The summed E-state index contributed by atoms with van der Waals surface area (Å²) in [6.07, 6.45) is 1.49. The number of rotatable bonds is 5. The molecule has 0 atom stereocenters. The molecular weight excluding hydrogens is 374 g/mol. The number of amides is 2. The van der Waals surface area contributed by atoms with Gasteiger partial charge in [0.1, 0.15) is 0 Å². The number of para-hydroxylation sites is 1. The Morgan fingerprint density at radius 3 is 2.37 bits per heavy atom. The summed E-state index contributed by atoms with van der Waals surface area (Å²) in [5.41, 5.74) is 6.21. The lowest BCUT2D eigenvalue weighted by molar-refractivity contribution is -0.117. The molecule has 0 bridgehead atoms. The van der Waals surface area contributed by atoms with Crippen LogP contribution < -0.4 is 15.5 Å². The second kappa shape index (κ2) is 8.41. The Kier molecular flexibility index (Phi) is 5.53. The van der Waals surface area contributed by atoms with Crippen molar-refractivity contribution < 1.29 is 9.59 Å². The third kappa shape index (κ3) is 4.06. The summed E-state index contributed by atoms with van der Waals surface area (Å²) in [7, 11) is 0. The fourth-order valence-electron chi connectivity index (χ4n) is 3.67. The first-order valence-electron chi connectivity index (χ1n) is 10.2. The van der Waals surface area contributed by atoms with Gasteiger partial charge in [0, 0.05) is 30.0 Å². The molecule has 5 nitrogen and oxygen atoms in total. The Morgan fingerprint density at radius 1 is 0.900 bits per heavy atom. The molecule has 0 unspecified atom stereocenters. The molecule has 1 aliphatic rings. The predicted molar refractivity (Wildman–Crippen MR) is 122 cm³/mol. The molecular formula is C25H25N3O2. The molecule has 1 fully saturated rings. The molecule has 1 aliphatic heterocycles. The van der Waals surface area contributed by atoms with Crippen LogP contribution in [0.1, 0.15) is 34.3 Å². The van der Waals surface area contributed by atoms with Crippen LogP contribution in [-0.4, -0.2) is 18.4 Å². The van der Waals surface area contributed by atoms with Gasteiger partial charge in [-0.1, -0.05) is 24.3 Å². The van der Waals surface area contributed by atoms with Gasteiger partial charge in [0.15, 0.2) is 0 Å². The van der Waals surface area contributed by atoms with Crippen molar-refractivity contribution in [2.24, 2.45) is 0 Å². The average Bonchev–Trinajstić information content (AvgIpc) is 3.18. The molecule has 1 saturated heterocycles. The lowest BCUT2D eigenvalue weighted by Crippen LogP contribution is -2.23. The zero-order chi connectivity index (χ0) is 21.1. The third-order valence-electron chi connectivity index (χ3n) is 5.56. The van der Waals surface area contributed by atoms with Gasteiger partial charge in [0.2, 0.25) is 5.91 Å². The van der Waals surface area contributed by atoms with Crippen molar-refractivity contribution in [3.8, 4) is 0 Å². The van der Waals surface area contributed by atoms with E-state index in [0.717, 1.165) is 35.6 Å². The summed E-state index contributed by atoms with van der Waals surface area (Å²) in [5, 5.41) is 6.35. The third-order valence-corrected chi connectivity index (χ3v) is 5.56. The molecule has 4 rings (SSSR count). The van der Waals surface area contributed by atoms with E-state index >= 15 is 0 Å². The fraction of sp³-hybridized carbons (Fsp3) is 0.200. The van der Waals surface area contributed by atoms with Gasteiger partial charge in [-0.3, -0.25) is 9.59 Å². The number of benzene rings is 3. The maximum Gasteiger partial charge on any atom is 0.257 e. The number of aryl methyl sites for hydroxylation is 1. The first-order valence-corrected chi connectivity index (χ1v) is 10.2. The van der Waals surface area contributed by atoms with Crippen LogP contribution in [0.3, 0.4) is 0 Å². The first-order chi connectivity index (χ1) is 14.5. The minimum absolute atomic E-state index is 0.151. The Labute approximate surface area is 176 Å². The monoisotopic (exact) mass is 399 g/mol. The van der Waals surface area contributed by atoms with Crippen LogP contribution in [0.25, 0.3) is 0 Å². The number of anilines is 4. The van der Waals surface area contributed by atoms with E-state index in [1.807, 2.05) is 54.6 Å². The van der Waals surface area contributed by atoms with E-state index in [0.29, 0.717) is 17.7 Å². The van der Waals surface area contributed by atoms with Crippen LogP contribution in [0.4, 0.5) is 22.7 Å². The fourth-order valence-corrected chi connectivity index (χ4v) is 3.67. The van der Waals surface area contributed by atoms with E-state index in [9.17, 15) is 9.59 Å². The van der Waals surface area contributed by atoms with Gasteiger partial charge in [0.05, 0.1) is 11.3 Å². The van der Waals surface area contributed by atoms with Crippen LogP contribution in [-0.2, 0) is 4.79 Å². The summed E-state index contributed by atoms with van der Waals surface area (Å²) in [6.45, 7) is 4.88. The molecule has 3 aromatic rings. The SMILES string of the molecule is Cc1cccc(Nc2ccccc2C(=O)Nc2ccc(N3CCCC3=O)cc2)c1C. The molecule has 1 heterocycles. The minimum atomic E-state index is -0.187. The van der Waals surface area contributed by atoms with Crippen LogP contribution in [0.5, 0.6) is 0 Å². The first kappa shape index (κ1) is 19.7. The Balaban J connectivity index is 1.51. The maximum absolute atomic E-state index is 13.0. The molecule has 3 aromatic carbocycles. The normalized spacial score (nSPS) is 13.4. The average molecular weight is 399 g/mol. The Morgan fingerprint density at radius 2 is 1.63 bits per heavy atom. The van der Waals surface area contributed by atoms with E-state index in [2.05, 4.69) is 30.5 Å². The molecule has 0 spiro atoms. The lowest BCUT2D eigenvalue weighted by atomic mass is 10.1. The van der Waals surface area contributed by atoms with Crippen molar-refractivity contribution in [3.05, 3.63) is 83.4 Å². The topological polar surface area (TPSA) is 61.4 Å². The van der Waals surface area contributed by atoms with E-state index in [1.54, 1.807) is 11.0 Å². The zero-order valence-corrected chi connectivity index (χ0v) is 17.2. The van der Waals surface area contributed by atoms with Crippen molar-refractivity contribution in [2.75, 3.05) is 22.1 Å². The summed E-state index contributed by atoms with van der Waals surface area (Å²) in [4.78, 5) is 26.6. The molecule has 0 aromatic heterocycles. The summed E-state index contributed by atoms with van der Waals surface area (Å²) in [6, 6.07) is 21.0. The highest BCUT2D eigenvalue weighted by molar-refractivity contribution is 6.08.